The Morgan fingerprint density at radius 2 is 2.19 bits per heavy atom. The predicted molar refractivity (Wildman–Crippen MR) is 90.4 cm³/mol. The summed E-state index contributed by atoms with van der Waals surface area (Å²) in [5.74, 6) is 1.79. The third-order valence-electron chi connectivity index (χ3n) is 4.17. The number of hydrogen-bond acceptors (Lipinski definition) is 3. The lowest BCUT2D eigenvalue weighted by molar-refractivity contribution is 0.453. The molecule has 0 aromatic carbocycles. The van der Waals surface area contributed by atoms with Gasteiger partial charge in [0.2, 0.25) is 0 Å². The number of rotatable bonds is 2. The number of aromatic nitrogens is 3. The Labute approximate surface area is 134 Å². The standard InChI is InChI=1S/C16H23BrN4/c1-16(2,3)14-9-13-15(18-6-8-21(13)19-14)20-7-4-5-12(10-17)11-20/h6,8-9,12H,4-5,7,10-11H2,1-3H3. The summed E-state index contributed by atoms with van der Waals surface area (Å²) >= 11 is 3.63. The van der Waals surface area contributed by atoms with Crippen LogP contribution in [-0.4, -0.2) is 33.0 Å². The molecule has 2 aromatic heterocycles. The zero-order valence-corrected chi connectivity index (χ0v) is 14.6. The molecule has 5 heteroatoms. The summed E-state index contributed by atoms with van der Waals surface area (Å²) in [6, 6.07) is 2.19. The van der Waals surface area contributed by atoms with E-state index in [0.29, 0.717) is 5.92 Å². The van der Waals surface area contributed by atoms with Gasteiger partial charge in [-0.15, -0.1) is 0 Å². The third kappa shape index (κ3) is 2.93. The average molecular weight is 351 g/mol. The number of hydrogen-bond donors (Lipinski definition) is 0. The Balaban J connectivity index is 2.00. The van der Waals surface area contributed by atoms with Crippen LogP contribution in [0.25, 0.3) is 5.52 Å². The van der Waals surface area contributed by atoms with Crippen LogP contribution in [0.4, 0.5) is 5.82 Å². The molecule has 4 nitrogen and oxygen atoms in total. The van der Waals surface area contributed by atoms with Gasteiger partial charge in [-0.3, -0.25) is 0 Å². The van der Waals surface area contributed by atoms with E-state index < -0.39 is 0 Å². The molecule has 114 valence electrons. The van der Waals surface area contributed by atoms with Gasteiger partial charge in [0.15, 0.2) is 5.82 Å². The zero-order valence-electron chi connectivity index (χ0n) is 13.0. The second-order valence-electron chi connectivity index (χ2n) is 6.97. The van der Waals surface area contributed by atoms with Gasteiger partial charge < -0.3 is 4.90 Å². The first kappa shape index (κ1) is 14.8. The van der Waals surface area contributed by atoms with Crippen molar-refractivity contribution in [1.29, 1.82) is 0 Å². The first-order valence-electron chi connectivity index (χ1n) is 7.65. The van der Waals surface area contributed by atoms with E-state index in [-0.39, 0.29) is 5.41 Å². The number of nitrogens with zero attached hydrogens (tertiary/aromatic N) is 4. The summed E-state index contributed by atoms with van der Waals surface area (Å²) in [7, 11) is 0. The zero-order chi connectivity index (χ0) is 15.0. The predicted octanol–water partition coefficient (Wildman–Crippen LogP) is 3.64. The molecule has 1 aliphatic rings. The van der Waals surface area contributed by atoms with Crippen LogP contribution in [0, 0.1) is 5.92 Å². The van der Waals surface area contributed by atoms with Crippen molar-refractivity contribution < 1.29 is 0 Å². The maximum Gasteiger partial charge on any atom is 0.154 e. The lowest BCUT2D eigenvalue weighted by Crippen LogP contribution is -2.36. The molecule has 1 saturated heterocycles. The molecule has 1 unspecified atom stereocenters. The summed E-state index contributed by atoms with van der Waals surface area (Å²) in [5.41, 5.74) is 2.30. The topological polar surface area (TPSA) is 33.4 Å². The summed E-state index contributed by atoms with van der Waals surface area (Å²) in [6.45, 7) is 8.76. The van der Waals surface area contributed by atoms with E-state index in [2.05, 4.69) is 52.7 Å². The van der Waals surface area contributed by atoms with Gasteiger partial charge >= 0.3 is 0 Å². The second kappa shape index (κ2) is 5.59. The van der Waals surface area contributed by atoms with Gasteiger partial charge in [0, 0.05) is 36.2 Å². The Kier molecular flexibility index (Phi) is 3.95. The highest BCUT2D eigenvalue weighted by Crippen LogP contribution is 2.29. The smallest absolute Gasteiger partial charge is 0.154 e. The molecular weight excluding hydrogens is 328 g/mol. The fourth-order valence-electron chi connectivity index (χ4n) is 2.90. The minimum Gasteiger partial charge on any atom is -0.355 e. The summed E-state index contributed by atoms with van der Waals surface area (Å²) in [6.07, 6.45) is 6.34. The minimum atomic E-state index is 0.0591. The Bertz CT molecular complexity index is 629. The van der Waals surface area contributed by atoms with Crippen LogP contribution in [0.5, 0.6) is 0 Å². The molecule has 0 saturated carbocycles. The molecule has 3 heterocycles. The molecule has 0 aliphatic carbocycles. The van der Waals surface area contributed by atoms with Crippen LogP contribution in [0.3, 0.4) is 0 Å². The monoisotopic (exact) mass is 350 g/mol. The highest BCUT2D eigenvalue weighted by atomic mass is 79.9. The summed E-state index contributed by atoms with van der Waals surface area (Å²) in [5, 5.41) is 5.79. The fourth-order valence-corrected chi connectivity index (χ4v) is 3.43. The third-order valence-corrected chi connectivity index (χ3v) is 5.09. The Morgan fingerprint density at radius 3 is 2.90 bits per heavy atom. The SMILES string of the molecule is CC(C)(C)c1cc2c(N3CCCC(CBr)C3)nccn2n1. The van der Waals surface area contributed by atoms with Crippen molar-refractivity contribution in [2.45, 2.75) is 39.0 Å². The van der Waals surface area contributed by atoms with Crippen molar-refractivity contribution in [3.63, 3.8) is 0 Å². The van der Waals surface area contributed by atoms with Crippen molar-refractivity contribution in [3.05, 3.63) is 24.2 Å². The fraction of sp³-hybridized carbons (Fsp3) is 0.625. The average Bonchev–Trinajstić information content (AvgIpc) is 2.91. The van der Waals surface area contributed by atoms with E-state index in [0.717, 1.165) is 35.4 Å². The molecule has 0 N–H and O–H groups in total. The number of anilines is 1. The highest BCUT2D eigenvalue weighted by molar-refractivity contribution is 9.09. The number of alkyl halides is 1. The minimum absolute atomic E-state index is 0.0591. The molecule has 21 heavy (non-hydrogen) atoms. The van der Waals surface area contributed by atoms with E-state index in [1.54, 1.807) is 0 Å². The van der Waals surface area contributed by atoms with Crippen molar-refractivity contribution in [1.82, 2.24) is 14.6 Å². The first-order chi connectivity index (χ1) is 9.99. The van der Waals surface area contributed by atoms with Crippen molar-refractivity contribution in [2.75, 3.05) is 23.3 Å². The van der Waals surface area contributed by atoms with Gasteiger partial charge in [-0.1, -0.05) is 36.7 Å². The molecule has 1 aliphatic heterocycles. The quantitative estimate of drug-likeness (QED) is 0.775. The Hall–Kier alpha value is -1.10. The highest BCUT2D eigenvalue weighted by Gasteiger charge is 2.24. The molecule has 3 rings (SSSR count). The number of halogens is 1. The van der Waals surface area contributed by atoms with Gasteiger partial charge in [-0.25, -0.2) is 9.50 Å². The molecule has 0 spiro atoms. The first-order valence-corrected chi connectivity index (χ1v) is 8.77. The molecule has 1 atom stereocenters. The van der Waals surface area contributed by atoms with Crippen LogP contribution in [-0.2, 0) is 5.41 Å². The van der Waals surface area contributed by atoms with Gasteiger partial charge in [-0.2, -0.15) is 5.10 Å². The summed E-state index contributed by atoms with van der Waals surface area (Å²) < 4.78 is 1.97. The summed E-state index contributed by atoms with van der Waals surface area (Å²) in [4.78, 5) is 7.06. The van der Waals surface area contributed by atoms with Gasteiger partial charge in [-0.05, 0) is 24.8 Å². The van der Waals surface area contributed by atoms with E-state index in [9.17, 15) is 0 Å². The molecule has 0 amide bonds. The van der Waals surface area contributed by atoms with Gasteiger partial charge in [0.05, 0.1) is 5.69 Å². The van der Waals surface area contributed by atoms with Crippen molar-refractivity contribution >= 4 is 27.3 Å². The molecule has 1 fully saturated rings. The number of fused-ring (bicyclic) bond motifs is 1. The molecule has 0 bridgehead atoms. The van der Waals surface area contributed by atoms with Crippen LogP contribution in [0.1, 0.15) is 39.3 Å². The maximum atomic E-state index is 4.72. The van der Waals surface area contributed by atoms with Crippen LogP contribution >= 0.6 is 15.9 Å². The van der Waals surface area contributed by atoms with Gasteiger partial charge in [0.25, 0.3) is 0 Å². The van der Waals surface area contributed by atoms with E-state index in [4.69, 9.17) is 5.10 Å². The molecule has 0 radical (unpaired) electrons. The van der Waals surface area contributed by atoms with Crippen LogP contribution in [0.2, 0.25) is 0 Å². The maximum absolute atomic E-state index is 4.72. The lowest BCUT2D eigenvalue weighted by atomic mass is 9.92. The molecular formula is C16H23BrN4. The van der Waals surface area contributed by atoms with Gasteiger partial charge in [0.1, 0.15) is 5.52 Å². The largest absolute Gasteiger partial charge is 0.355 e. The van der Waals surface area contributed by atoms with E-state index >= 15 is 0 Å². The second-order valence-corrected chi connectivity index (χ2v) is 7.62. The van der Waals surface area contributed by atoms with E-state index in [1.807, 2.05) is 16.9 Å². The number of piperidine rings is 1. The van der Waals surface area contributed by atoms with Crippen molar-refractivity contribution in [2.24, 2.45) is 5.92 Å². The van der Waals surface area contributed by atoms with Crippen LogP contribution < -0.4 is 4.90 Å². The lowest BCUT2D eigenvalue weighted by Gasteiger charge is -2.32. The van der Waals surface area contributed by atoms with Crippen LogP contribution in [0.15, 0.2) is 18.5 Å². The normalized spacial score (nSPS) is 20.2. The Morgan fingerprint density at radius 1 is 1.38 bits per heavy atom. The molecule has 2 aromatic rings. The van der Waals surface area contributed by atoms with Crippen molar-refractivity contribution in [3.8, 4) is 0 Å². The van der Waals surface area contributed by atoms with E-state index in [1.165, 1.54) is 12.8 Å².